The van der Waals surface area contributed by atoms with E-state index in [0.29, 0.717) is 12.1 Å². The molecule has 2 heterocycles. The molecule has 6 heteroatoms. The highest BCUT2D eigenvalue weighted by atomic mass is 16.5. The van der Waals surface area contributed by atoms with Gasteiger partial charge in [0.25, 0.3) is 0 Å². The zero-order valence-corrected chi connectivity index (χ0v) is 10.3. The third-order valence-corrected chi connectivity index (χ3v) is 2.96. The number of morpholine rings is 1. The van der Waals surface area contributed by atoms with Gasteiger partial charge in [0, 0.05) is 31.6 Å². The molecule has 1 fully saturated rings. The van der Waals surface area contributed by atoms with Crippen LogP contribution in [-0.2, 0) is 11.2 Å². The highest BCUT2D eigenvalue weighted by Gasteiger charge is 2.15. The number of aromatic nitrogens is 3. The maximum absolute atomic E-state index is 5.43. The van der Waals surface area contributed by atoms with E-state index in [4.69, 9.17) is 4.74 Å². The summed E-state index contributed by atoms with van der Waals surface area (Å²) in [4.78, 5) is 4.09. The number of ether oxygens (including phenoxy) is 1. The summed E-state index contributed by atoms with van der Waals surface area (Å²) < 4.78 is 5.43. The van der Waals surface area contributed by atoms with E-state index in [0.717, 1.165) is 45.0 Å². The van der Waals surface area contributed by atoms with Crippen LogP contribution in [0.2, 0.25) is 0 Å². The summed E-state index contributed by atoms with van der Waals surface area (Å²) in [5, 5.41) is 13.6. The molecule has 0 bridgehead atoms. The molecule has 0 saturated carbocycles. The summed E-state index contributed by atoms with van der Waals surface area (Å²) in [6.07, 6.45) is 3.53. The number of nitrogens with one attached hydrogen (secondary N) is 3. The Balaban J connectivity index is 1.58. The molecule has 0 amide bonds. The molecule has 6 nitrogen and oxygen atoms in total. The number of hydrogen-bond acceptors (Lipinski definition) is 5. The van der Waals surface area contributed by atoms with Crippen LogP contribution in [0.5, 0.6) is 0 Å². The third-order valence-electron chi connectivity index (χ3n) is 2.96. The quantitative estimate of drug-likeness (QED) is 0.636. The average Bonchev–Trinajstić information content (AvgIpc) is 2.83. The van der Waals surface area contributed by atoms with Gasteiger partial charge in [0.15, 0.2) is 0 Å². The van der Waals surface area contributed by atoms with Crippen LogP contribution < -0.4 is 10.6 Å². The Bertz CT molecular complexity index is 297. The smallest absolute Gasteiger partial charge is 0.137 e. The van der Waals surface area contributed by atoms with Crippen molar-refractivity contribution in [3.63, 3.8) is 0 Å². The second kappa shape index (κ2) is 6.68. The fraction of sp³-hybridized carbons (Fsp3) is 0.818. The molecule has 1 aromatic heterocycles. The normalized spacial score (nSPS) is 22.5. The molecule has 2 atom stereocenters. The molecule has 1 aromatic rings. The number of aromatic amines is 1. The zero-order chi connectivity index (χ0) is 11.9. The van der Waals surface area contributed by atoms with Gasteiger partial charge in [-0.3, -0.25) is 5.10 Å². The lowest BCUT2D eigenvalue weighted by Gasteiger charge is -2.26. The number of rotatable bonds is 6. The lowest BCUT2D eigenvalue weighted by atomic mass is 10.1. The minimum atomic E-state index is 0.483. The SMILES string of the molecule is CC(CC1COCCN1)NCCc1ncn[nH]1. The Hall–Kier alpha value is -0.980. The van der Waals surface area contributed by atoms with Crippen molar-refractivity contribution in [2.24, 2.45) is 0 Å². The summed E-state index contributed by atoms with van der Waals surface area (Å²) in [5.74, 6) is 0.934. The van der Waals surface area contributed by atoms with Gasteiger partial charge < -0.3 is 15.4 Å². The van der Waals surface area contributed by atoms with E-state index < -0.39 is 0 Å². The highest BCUT2D eigenvalue weighted by Crippen LogP contribution is 2.02. The molecule has 0 spiro atoms. The first kappa shape index (κ1) is 12.5. The predicted octanol–water partition coefficient (Wildman–Crippen LogP) is -0.296. The maximum atomic E-state index is 5.43. The molecule has 1 aliphatic heterocycles. The Morgan fingerprint density at radius 2 is 2.59 bits per heavy atom. The highest BCUT2D eigenvalue weighted by molar-refractivity contribution is 4.82. The van der Waals surface area contributed by atoms with Gasteiger partial charge in [-0.05, 0) is 13.3 Å². The summed E-state index contributed by atoms with van der Waals surface area (Å²) in [6.45, 7) is 5.76. The minimum absolute atomic E-state index is 0.483. The lowest BCUT2D eigenvalue weighted by molar-refractivity contribution is 0.0713. The molecular formula is C11H21N5O. The fourth-order valence-corrected chi connectivity index (χ4v) is 2.07. The van der Waals surface area contributed by atoms with E-state index >= 15 is 0 Å². The van der Waals surface area contributed by atoms with Gasteiger partial charge in [-0.2, -0.15) is 5.10 Å². The molecule has 2 unspecified atom stereocenters. The summed E-state index contributed by atoms with van der Waals surface area (Å²) in [5.41, 5.74) is 0. The van der Waals surface area contributed by atoms with Crippen molar-refractivity contribution < 1.29 is 4.74 Å². The van der Waals surface area contributed by atoms with E-state index in [2.05, 4.69) is 32.7 Å². The molecule has 1 saturated heterocycles. The predicted molar refractivity (Wildman–Crippen MR) is 64.8 cm³/mol. The molecule has 0 radical (unpaired) electrons. The molecule has 0 aliphatic carbocycles. The molecule has 17 heavy (non-hydrogen) atoms. The van der Waals surface area contributed by atoms with Gasteiger partial charge in [-0.25, -0.2) is 4.98 Å². The fourth-order valence-electron chi connectivity index (χ4n) is 2.07. The van der Waals surface area contributed by atoms with E-state index in [1.165, 1.54) is 0 Å². The van der Waals surface area contributed by atoms with E-state index in [-0.39, 0.29) is 0 Å². The Kier molecular flexibility index (Phi) is 4.90. The van der Waals surface area contributed by atoms with Crippen molar-refractivity contribution >= 4 is 0 Å². The van der Waals surface area contributed by atoms with Gasteiger partial charge in [-0.15, -0.1) is 0 Å². The number of nitrogens with zero attached hydrogens (tertiary/aromatic N) is 2. The van der Waals surface area contributed by atoms with Crippen molar-refractivity contribution in [1.82, 2.24) is 25.8 Å². The van der Waals surface area contributed by atoms with Crippen molar-refractivity contribution in [2.75, 3.05) is 26.3 Å². The molecule has 2 rings (SSSR count). The van der Waals surface area contributed by atoms with Crippen LogP contribution in [0.3, 0.4) is 0 Å². The summed E-state index contributed by atoms with van der Waals surface area (Å²) in [6, 6.07) is 0.966. The van der Waals surface area contributed by atoms with Crippen molar-refractivity contribution in [2.45, 2.75) is 31.8 Å². The van der Waals surface area contributed by atoms with Crippen LogP contribution in [0.15, 0.2) is 6.33 Å². The number of hydrogen-bond donors (Lipinski definition) is 3. The average molecular weight is 239 g/mol. The van der Waals surface area contributed by atoms with Gasteiger partial charge in [-0.1, -0.05) is 0 Å². The first-order valence-electron chi connectivity index (χ1n) is 6.23. The zero-order valence-electron chi connectivity index (χ0n) is 10.3. The van der Waals surface area contributed by atoms with Gasteiger partial charge in [0.1, 0.15) is 12.2 Å². The van der Waals surface area contributed by atoms with Crippen molar-refractivity contribution in [3.05, 3.63) is 12.2 Å². The Labute approximate surface area is 102 Å². The van der Waals surface area contributed by atoms with Crippen LogP contribution in [0.25, 0.3) is 0 Å². The van der Waals surface area contributed by atoms with Gasteiger partial charge in [0.05, 0.1) is 13.2 Å². The van der Waals surface area contributed by atoms with Crippen LogP contribution in [0.1, 0.15) is 19.2 Å². The number of H-pyrrole nitrogens is 1. The molecule has 3 N–H and O–H groups in total. The standard InChI is InChI=1S/C11H21N5O/c1-9(6-10-7-17-5-4-13-10)12-3-2-11-14-8-15-16-11/h8-10,12-13H,2-7H2,1H3,(H,14,15,16). The van der Waals surface area contributed by atoms with Crippen LogP contribution in [0, 0.1) is 0 Å². The van der Waals surface area contributed by atoms with E-state index in [9.17, 15) is 0 Å². The molecule has 0 aromatic carbocycles. The van der Waals surface area contributed by atoms with E-state index in [1.807, 2.05) is 0 Å². The van der Waals surface area contributed by atoms with Crippen LogP contribution >= 0.6 is 0 Å². The van der Waals surface area contributed by atoms with Gasteiger partial charge >= 0.3 is 0 Å². The largest absolute Gasteiger partial charge is 0.379 e. The monoisotopic (exact) mass is 239 g/mol. The minimum Gasteiger partial charge on any atom is -0.379 e. The second-order valence-electron chi connectivity index (χ2n) is 4.50. The maximum Gasteiger partial charge on any atom is 0.137 e. The molecule has 1 aliphatic rings. The first-order valence-corrected chi connectivity index (χ1v) is 6.23. The van der Waals surface area contributed by atoms with E-state index in [1.54, 1.807) is 6.33 Å². The van der Waals surface area contributed by atoms with Gasteiger partial charge in [0.2, 0.25) is 0 Å². The second-order valence-corrected chi connectivity index (χ2v) is 4.50. The third kappa shape index (κ3) is 4.41. The topological polar surface area (TPSA) is 74.9 Å². The first-order chi connectivity index (χ1) is 8.34. The van der Waals surface area contributed by atoms with Crippen molar-refractivity contribution in [1.29, 1.82) is 0 Å². The lowest BCUT2D eigenvalue weighted by Crippen LogP contribution is -2.45. The van der Waals surface area contributed by atoms with Crippen molar-refractivity contribution in [3.8, 4) is 0 Å². The summed E-state index contributed by atoms with van der Waals surface area (Å²) in [7, 11) is 0. The molecular weight excluding hydrogens is 218 g/mol. The summed E-state index contributed by atoms with van der Waals surface area (Å²) >= 11 is 0. The van der Waals surface area contributed by atoms with Crippen LogP contribution in [0.4, 0.5) is 0 Å². The molecule has 96 valence electrons. The Morgan fingerprint density at radius 3 is 3.29 bits per heavy atom. The Morgan fingerprint density at radius 1 is 1.65 bits per heavy atom. The van der Waals surface area contributed by atoms with Crippen LogP contribution in [-0.4, -0.2) is 53.6 Å².